The number of hydrogen-bond donors (Lipinski definition) is 2. The van der Waals surface area contributed by atoms with E-state index in [0.717, 1.165) is 12.8 Å². The molecule has 3 N–H and O–H groups in total. The molecule has 1 atom stereocenters. The first-order valence-electron chi connectivity index (χ1n) is 4.37. The predicted octanol–water partition coefficient (Wildman–Crippen LogP) is 1.27. The first kappa shape index (κ1) is 9.01. The molecule has 11 heavy (non-hydrogen) atoms. The van der Waals surface area contributed by atoms with Gasteiger partial charge in [0.05, 0.1) is 5.60 Å². The fourth-order valence-electron chi connectivity index (χ4n) is 1.50. The topological polar surface area (TPSA) is 46.2 Å². The molecule has 1 rings (SSSR count). The van der Waals surface area contributed by atoms with Gasteiger partial charge in [0.1, 0.15) is 0 Å². The van der Waals surface area contributed by atoms with Crippen LogP contribution in [0, 0.1) is 5.92 Å². The van der Waals surface area contributed by atoms with Gasteiger partial charge < -0.3 is 10.8 Å². The highest BCUT2D eigenvalue weighted by atomic mass is 16.3. The second-order valence-electron chi connectivity index (χ2n) is 4.50. The molecular formula is C9H19NO. The molecule has 0 spiro atoms. The van der Waals surface area contributed by atoms with E-state index >= 15 is 0 Å². The highest BCUT2D eigenvalue weighted by molar-refractivity contribution is 5.01. The molecule has 1 unspecified atom stereocenters. The molecule has 2 nitrogen and oxygen atoms in total. The van der Waals surface area contributed by atoms with E-state index in [0.29, 0.717) is 5.92 Å². The summed E-state index contributed by atoms with van der Waals surface area (Å²) < 4.78 is 0. The fourth-order valence-corrected chi connectivity index (χ4v) is 1.50. The van der Waals surface area contributed by atoms with Gasteiger partial charge in [-0.1, -0.05) is 6.42 Å². The van der Waals surface area contributed by atoms with Crippen molar-refractivity contribution in [3.63, 3.8) is 0 Å². The average Bonchev–Trinajstić information content (AvgIpc) is 1.53. The third kappa shape index (κ3) is 1.42. The van der Waals surface area contributed by atoms with Crippen LogP contribution in [-0.4, -0.2) is 16.2 Å². The van der Waals surface area contributed by atoms with Gasteiger partial charge in [-0.25, -0.2) is 0 Å². The predicted molar refractivity (Wildman–Crippen MR) is 46.2 cm³/mol. The van der Waals surface area contributed by atoms with Crippen molar-refractivity contribution in [3.05, 3.63) is 0 Å². The Hall–Kier alpha value is -0.0800. The lowest BCUT2D eigenvalue weighted by atomic mass is 9.66. The van der Waals surface area contributed by atoms with E-state index in [4.69, 9.17) is 5.73 Å². The van der Waals surface area contributed by atoms with Gasteiger partial charge in [0.2, 0.25) is 0 Å². The second-order valence-corrected chi connectivity index (χ2v) is 4.50. The minimum atomic E-state index is -0.689. The Morgan fingerprint density at radius 3 is 1.82 bits per heavy atom. The Labute approximate surface area is 68.8 Å². The Kier molecular flexibility index (Phi) is 2.01. The van der Waals surface area contributed by atoms with Crippen LogP contribution in [0.2, 0.25) is 0 Å². The summed E-state index contributed by atoms with van der Waals surface area (Å²) in [4.78, 5) is 0. The molecule has 0 bridgehead atoms. The molecule has 0 aromatic heterocycles. The number of aliphatic hydroxyl groups is 1. The van der Waals surface area contributed by atoms with Crippen LogP contribution in [0.1, 0.15) is 40.0 Å². The molecule has 1 saturated carbocycles. The van der Waals surface area contributed by atoms with Gasteiger partial charge >= 0.3 is 0 Å². The van der Waals surface area contributed by atoms with Gasteiger partial charge in [-0.05, 0) is 39.5 Å². The zero-order chi connectivity index (χ0) is 8.70. The summed E-state index contributed by atoms with van der Waals surface area (Å²) in [5.74, 6) is 0.419. The van der Waals surface area contributed by atoms with Gasteiger partial charge in [0.15, 0.2) is 0 Å². The lowest BCUT2D eigenvalue weighted by Gasteiger charge is -2.47. The summed E-state index contributed by atoms with van der Waals surface area (Å²) in [6.07, 6.45) is 3.51. The summed E-state index contributed by atoms with van der Waals surface area (Å²) in [6.45, 7) is 5.65. The highest BCUT2D eigenvalue weighted by Gasteiger charge is 2.45. The van der Waals surface area contributed by atoms with Crippen LogP contribution in [0.4, 0.5) is 0 Å². The third-order valence-corrected chi connectivity index (χ3v) is 3.20. The van der Waals surface area contributed by atoms with Gasteiger partial charge in [-0.15, -0.1) is 0 Å². The van der Waals surface area contributed by atoms with Crippen molar-refractivity contribution in [1.29, 1.82) is 0 Å². The van der Waals surface area contributed by atoms with Crippen LogP contribution in [-0.2, 0) is 0 Å². The molecule has 0 aromatic carbocycles. The zero-order valence-electron chi connectivity index (χ0n) is 7.72. The second kappa shape index (κ2) is 2.46. The molecule has 1 aliphatic carbocycles. The number of rotatable bonds is 2. The molecule has 0 aliphatic heterocycles. The zero-order valence-corrected chi connectivity index (χ0v) is 7.72. The first-order chi connectivity index (χ1) is 4.86. The summed E-state index contributed by atoms with van der Waals surface area (Å²) in [5, 5.41) is 10.0. The van der Waals surface area contributed by atoms with Crippen LogP contribution in [0.25, 0.3) is 0 Å². The van der Waals surface area contributed by atoms with E-state index in [1.807, 2.05) is 20.8 Å². The maximum atomic E-state index is 10.0. The Balaban J connectivity index is 2.64. The van der Waals surface area contributed by atoms with E-state index in [9.17, 15) is 5.11 Å². The van der Waals surface area contributed by atoms with Crippen LogP contribution >= 0.6 is 0 Å². The molecule has 2 heteroatoms. The Bertz CT molecular complexity index is 142. The largest absolute Gasteiger partial charge is 0.388 e. The van der Waals surface area contributed by atoms with E-state index in [2.05, 4.69) is 0 Å². The normalized spacial score (nSPS) is 25.9. The molecule has 1 fully saturated rings. The SMILES string of the molecule is CC(C)(N)C(C)(O)C1CCC1. The monoisotopic (exact) mass is 157 g/mol. The highest BCUT2D eigenvalue weighted by Crippen LogP contribution is 2.40. The van der Waals surface area contributed by atoms with E-state index in [-0.39, 0.29) is 0 Å². The minimum absolute atomic E-state index is 0.419. The summed E-state index contributed by atoms with van der Waals surface area (Å²) in [6, 6.07) is 0. The van der Waals surface area contributed by atoms with Crippen LogP contribution in [0.3, 0.4) is 0 Å². The quantitative estimate of drug-likeness (QED) is 0.634. The van der Waals surface area contributed by atoms with Crippen molar-refractivity contribution in [2.24, 2.45) is 11.7 Å². The number of nitrogens with two attached hydrogens (primary N) is 1. The minimum Gasteiger partial charge on any atom is -0.388 e. The van der Waals surface area contributed by atoms with Gasteiger partial charge in [0.25, 0.3) is 0 Å². The van der Waals surface area contributed by atoms with Crippen molar-refractivity contribution in [3.8, 4) is 0 Å². The molecule has 0 aromatic rings. The standard InChI is InChI=1S/C9H19NO/c1-8(2,10)9(3,11)7-5-4-6-7/h7,11H,4-6,10H2,1-3H3. The first-order valence-corrected chi connectivity index (χ1v) is 4.37. The molecule has 0 radical (unpaired) electrons. The van der Waals surface area contributed by atoms with Crippen molar-refractivity contribution >= 4 is 0 Å². The summed E-state index contributed by atoms with van der Waals surface area (Å²) in [7, 11) is 0. The lowest BCUT2D eigenvalue weighted by molar-refractivity contribution is -0.0825. The number of hydrogen-bond acceptors (Lipinski definition) is 2. The molecule has 1 aliphatic rings. The summed E-state index contributed by atoms with van der Waals surface area (Å²) in [5.41, 5.74) is 4.71. The lowest BCUT2D eigenvalue weighted by Crippen LogP contribution is -2.60. The molecular weight excluding hydrogens is 138 g/mol. The van der Waals surface area contributed by atoms with Gasteiger partial charge in [-0.3, -0.25) is 0 Å². The van der Waals surface area contributed by atoms with Crippen LogP contribution in [0.5, 0.6) is 0 Å². The van der Waals surface area contributed by atoms with Gasteiger partial charge in [0, 0.05) is 5.54 Å². The van der Waals surface area contributed by atoms with E-state index in [1.165, 1.54) is 6.42 Å². The maximum Gasteiger partial charge on any atom is 0.0820 e. The van der Waals surface area contributed by atoms with E-state index in [1.54, 1.807) is 0 Å². The Morgan fingerprint density at radius 1 is 1.27 bits per heavy atom. The van der Waals surface area contributed by atoms with Crippen molar-refractivity contribution in [2.75, 3.05) is 0 Å². The molecule has 0 heterocycles. The van der Waals surface area contributed by atoms with Crippen molar-refractivity contribution in [1.82, 2.24) is 0 Å². The van der Waals surface area contributed by atoms with Crippen molar-refractivity contribution < 1.29 is 5.11 Å². The van der Waals surface area contributed by atoms with Crippen LogP contribution in [0.15, 0.2) is 0 Å². The smallest absolute Gasteiger partial charge is 0.0820 e. The maximum absolute atomic E-state index is 10.0. The van der Waals surface area contributed by atoms with Crippen LogP contribution < -0.4 is 5.73 Å². The average molecular weight is 157 g/mol. The molecule has 66 valence electrons. The van der Waals surface area contributed by atoms with E-state index < -0.39 is 11.1 Å². The summed E-state index contributed by atoms with van der Waals surface area (Å²) >= 11 is 0. The van der Waals surface area contributed by atoms with Crippen molar-refractivity contribution in [2.45, 2.75) is 51.2 Å². The molecule has 0 saturated heterocycles. The Morgan fingerprint density at radius 2 is 1.73 bits per heavy atom. The molecule has 0 amide bonds. The third-order valence-electron chi connectivity index (χ3n) is 3.20. The fraction of sp³-hybridized carbons (Fsp3) is 1.00. The van der Waals surface area contributed by atoms with Gasteiger partial charge in [-0.2, -0.15) is 0 Å².